The second kappa shape index (κ2) is 4.62. The molecule has 2 aromatic rings. The van der Waals surface area contributed by atoms with E-state index in [-0.39, 0.29) is 0 Å². The molecule has 0 bridgehead atoms. The van der Waals surface area contributed by atoms with Crippen molar-refractivity contribution in [3.8, 4) is 0 Å². The van der Waals surface area contributed by atoms with Crippen molar-refractivity contribution in [2.24, 2.45) is 0 Å². The van der Waals surface area contributed by atoms with Gasteiger partial charge in [0, 0.05) is 12.1 Å². The average Bonchev–Trinajstić information content (AvgIpc) is 2.20. The fourth-order valence-corrected chi connectivity index (χ4v) is 1.90. The fraction of sp³-hybridized carbons (Fsp3) is 0.231. The highest BCUT2D eigenvalue weighted by Gasteiger charge is 2.04. The van der Waals surface area contributed by atoms with Gasteiger partial charge in [-0.05, 0) is 31.0 Å². The summed E-state index contributed by atoms with van der Waals surface area (Å²) in [6.45, 7) is 4.02. The molecule has 0 atom stereocenters. The molecule has 2 rings (SSSR count). The SMILES string of the molecule is Cc1cc(Cl)nc(Cc2ccccc2C)n1. The van der Waals surface area contributed by atoms with Gasteiger partial charge in [-0.25, -0.2) is 9.97 Å². The minimum atomic E-state index is 0.510. The summed E-state index contributed by atoms with van der Waals surface area (Å²) in [6, 6.07) is 10.0. The Bertz CT molecular complexity index is 489. The standard InChI is InChI=1S/C13H13ClN2/c1-9-5-3-4-6-11(9)8-13-15-10(2)7-12(14)16-13/h3-7H,8H2,1-2H3. The quantitative estimate of drug-likeness (QED) is 0.743. The highest BCUT2D eigenvalue weighted by Crippen LogP contribution is 2.13. The van der Waals surface area contributed by atoms with Gasteiger partial charge in [-0.15, -0.1) is 0 Å². The van der Waals surface area contributed by atoms with Crippen molar-refractivity contribution in [1.29, 1.82) is 0 Å². The molecule has 0 saturated carbocycles. The molecule has 0 fully saturated rings. The van der Waals surface area contributed by atoms with Gasteiger partial charge in [0.2, 0.25) is 0 Å². The van der Waals surface area contributed by atoms with Gasteiger partial charge < -0.3 is 0 Å². The number of hydrogen-bond acceptors (Lipinski definition) is 2. The number of hydrogen-bond donors (Lipinski definition) is 0. The number of nitrogens with zero attached hydrogens (tertiary/aromatic N) is 2. The molecule has 0 N–H and O–H groups in total. The number of rotatable bonds is 2. The zero-order valence-corrected chi connectivity index (χ0v) is 10.1. The van der Waals surface area contributed by atoms with Crippen molar-refractivity contribution >= 4 is 11.6 Å². The van der Waals surface area contributed by atoms with Crippen LogP contribution >= 0.6 is 11.6 Å². The zero-order chi connectivity index (χ0) is 11.5. The van der Waals surface area contributed by atoms with Crippen LogP contribution in [0.5, 0.6) is 0 Å². The first kappa shape index (κ1) is 11.1. The first-order chi connectivity index (χ1) is 7.65. The van der Waals surface area contributed by atoms with Crippen LogP contribution in [0.3, 0.4) is 0 Å². The topological polar surface area (TPSA) is 25.8 Å². The Morgan fingerprint density at radius 3 is 2.56 bits per heavy atom. The van der Waals surface area contributed by atoms with Crippen molar-refractivity contribution in [3.05, 3.63) is 58.1 Å². The lowest BCUT2D eigenvalue weighted by atomic mass is 10.1. The van der Waals surface area contributed by atoms with Gasteiger partial charge in [-0.2, -0.15) is 0 Å². The number of halogens is 1. The van der Waals surface area contributed by atoms with E-state index < -0.39 is 0 Å². The van der Waals surface area contributed by atoms with Crippen LogP contribution < -0.4 is 0 Å². The Morgan fingerprint density at radius 2 is 1.88 bits per heavy atom. The second-order valence-corrected chi connectivity index (χ2v) is 4.24. The largest absolute Gasteiger partial charge is 0.238 e. The predicted molar refractivity (Wildman–Crippen MR) is 65.8 cm³/mol. The predicted octanol–water partition coefficient (Wildman–Crippen LogP) is 3.34. The normalized spacial score (nSPS) is 10.4. The van der Waals surface area contributed by atoms with Crippen LogP contribution in [0.2, 0.25) is 5.15 Å². The highest BCUT2D eigenvalue weighted by molar-refractivity contribution is 6.29. The summed E-state index contributed by atoms with van der Waals surface area (Å²) in [7, 11) is 0. The highest BCUT2D eigenvalue weighted by atomic mass is 35.5. The molecule has 0 saturated heterocycles. The Labute approximate surface area is 100 Å². The molecular formula is C13H13ClN2. The first-order valence-corrected chi connectivity index (χ1v) is 5.57. The van der Waals surface area contributed by atoms with Crippen LogP contribution in [0.15, 0.2) is 30.3 Å². The molecule has 3 heteroatoms. The van der Waals surface area contributed by atoms with Crippen LogP contribution in [0.25, 0.3) is 0 Å². The molecule has 16 heavy (non-hydrogen) atoms. The van der Waals surface area contributed by atoms with Crippen LogP contribution in [0.4, 0.5) is 0 Å². The lowest BCUT2D eigenvalue weighted by Crippen LogP contribution is -1.99. The average molecular weight is 233 g/mol. The minimum Gasteiger partial charge on any atom is -0.238 e. The smallest absolute Gasteiger partial charge is 0.134 e. The molecule has 0 aliphatic rings. The van der Waals surface area contributed by atoms with Crippen molar-refractivity contribution in [1.82, 2.24) is 9.97 Å². The molecule has 0 spiro atoms. The molecule has 82 valence electrons. The van der Waals surface area contributed by atoms with Crippen molar-refractivity contribution in [2.45, 2.75) is 20.3 Å². The monoisotopic (exact) mass is 232 g/mol. The third kappa shape index (κ3) is 2.58. The Hall–Kier alpha value is -1.41. The molecule has 0 aliphatic carbocycles. The lowest BCUT2D eigenvalue weighted by Gasteiger charge is -2.05. The number of aromatic nitrogens is 2. The molecule has 0 radical (unpaired) electrons. The number of aryl methyl sites for hydroxylation is 2. The van der Waals surface area contributed by atoms with E-state index in [9.17, 15) is 0 Å². The van der Waals surface area contributed by atoms with E-state index in [0.717, 1.165) is 17.9 Å². The van der Waals surface area contributed by atoms with Crippen LogP contribution in [-0.2, 0) is 6.42 Å². The molecule has 0 aliphatic heterocycles. The maximum Gasteiger partial charge on any atom is 0.134 e. The van der Waals surface area contributed by atoms with Crippen LogP contribution in [0.1, 0.15) is 22.6 Å². The van der Waals surface area contributed by atoms with Gasteiger partial charge >= 0.3 is 0 Å². The first-order valence-electron chi connectivity index (χ1n) is 5.20. The maximum absolute atomic E-state index is 5.91. The molecule has 1 aromatic carbocycles. The summed E-state index contributed by atoms with van der Waals surface area (Å²) >= 11 is 5.91. The van der Waals surface area contributed by atoms with Gasteiger partial charge in [0.05, 0.1) is 0 Å². The van der Waals surface area contributed by atoms with E-state index in [2.05, 4.69) is 29.0 Å². The summed E-state index contributed by atoms with van der Waals surface area (Å²) in [4.78, 5) is 8.60. The Kier molecular flexibility index (Phi) is 3.20. The lowest BCUT2D eigenvalue weighted by molar-refractivity contribution is 0.937. The van der Waals surface area contributed by atoms with Crippen molar-refractivity contribution in [3.63, 3.8) is 0 Å². The van der Waals surface area contributed by atoms with Crippen LogP contribution in [-0.4, -0.2) is 9.97 Å². The van der Waals surface area contributed by atoms with E-state index in [4.69, 9.17) is 11.6 Å². The Balaban J connectivity index is 2.30. The fourth-order valence-electron chi connectivity index (χ4n) is 1.65. The van der Waals surface area contributed by atoms with E-state index in [1.165, 1.54) is 11.1 Å². The third-order valence-electron chi connectivity index (χ3n) is 2.48. The molecule has 2 nitrogen and oxygen atoms in total. The maximum atomic E-state index is 5.91. The molecule has 0 amide bonds. The van der Waals surface area contributed by atoms with Gasteiger partial charge in [-0.3, -0.25) is 0 Å². The van der Waals surface area contributed by atoms with E-state index in [1.807, 2.05) is 19.1 Å². The minimum absolute atomic E-state index is 0.510. The van der Waals surface area contributed by atoms with Gasteiger partial charge in [0.1, 0.15) is 11.0 Å². The van der Waals surface area contributed by atoms with E-state index >= 15 is 0 Å². The van der Waals surface area contributed by atoms with Gasteiger partial charge in [0.25, 0.3) is 0 Å². The zero-order valence-electron chi connectivity index (χ0n) is 9.37. The summed E-state index contributed by atoms with van der Waals surface area (Å²) < 4.78 is 0. The molecule has 0 unspecified atom stereocenters. The van der Waals surface area contributed by atoms with E-state index in [1.54, 1.807) is 6.07 Å². The third-order valence-corrected chi connectivity index (χ3v) is 2.67. The second-order valence-electron chi connectivity index (χ2n) is 3.85. The van der Waals surface area contributed by atoms with Crippen LogP contribution in [0, 0.1) is 13.8 Å². The summed E-state index contributed by atoms with van der Waals surface area (Å²) in [5.41, 5.74) is 3.40. The van der Waals surface area contributed by atoms with E-state index in [0.29, 0.717) is 5.15 Å². The van der Waals surface area contributed by atoms with Gasteiger partial charge in [-0.1, -0.05) is 35.9 Å². The Morgan fingerprint density at radius 1 is 1.12 bits per heavy atom. The van der Waals surface area contributed by atoms with Crippen molar-refractivity contribution in [2.75, 3.05) is 0 Å². The van der Waals surface area contributed by atoms with Crippen molar-refractivity contribution < 1.29 is 0 Å². The molecule has 1 aromatic heterocycles. The summed E-state index contributed by atoms with van der Waals surface area (Å²) in [6.07, 6.45) is 0.730. The summed E-state index contributed by atoms with van der Waals surface area (Å²) in [5, 5.41) is 0.510. The number of benzene rings is 1. The van der Waals surface area contributed by atoms with Gasteiger partial charge in [0.15, 0.2) is 0 Å². The molecular weight excluding hydrogens is 220 g/mol. The summed E-state index contributed by atoms with van der Waals surface area (Å²) in [5.74, 6) is 0.777. The molecule has 1 heterocycles.